The third-order valence-electron chi connectivity index (χ3n) is 3.41. The molecule has 0 amide bonds. The first-order chi connectivity index (χ1) is 10.1. The minimum Gasteiger partial charge on any atom is -0.352 e. The molecule has 3 nitrogen and oxygen atoms in total. The average molecular weight is 298 g/mol. The minimum atomic E-state index is -0.495. The van der Waals surface area contributed by atoms with Gasteiger partial charge in [-0.25, -0.2) is 0 Å². The van der Waals surface area contributed by atoms with Crippen molar-refractivity contribution in [2.75, 3.05) is 5.32 Å². The van der Waals surface area contributed by atoms with E-state index in [9.17, 15) is 9.59 Å². The fraction of sp³-hybridized carbons (Fsp3) is 0.0588. The second kappa shape index (κ2) is 5.19. The Morgan fingerprint density at radius 1 is 0.952 bits per heavy atom. The van der Waals surface area contributed by atoms with Crippen molar-refractivity contribution in [3.63, 3.8) is 0 Å². The zero-order valence-electron chi connectivity index (χ0n) is 11.3. The Balaban J connectivity index is 2.01. The molecular weight excluding hydrogens is 286 g/mol. The molecule has 0 spiro atoms. The van der Waals surface area contributed by atoms with Crippen molar-refractivity contribution in [3.05, 3.63) is 79.6 Å². The van der Waals surface area contributed by atoms with Crippen molar-refractivity contribution in [2.45, 2.75) is 6.92 Å². The Labute approximate surface area is 126 Å². The predicted octanol–water partition coefficient (Wildman–Crippen LogP) is 3.66. The van der Waals surface area contributed by atoms with Gasteiger partial charge in [0.25, 0.3) is 5.43 Å². The summed E-state index contributed by atoms with van der Waals surface area (Å²) in [7, 11) is 0. The lowest BCUT2D eigenvalue weighted by Gasteiger charge is -2.14. The molecule has 0 saturated carbocycles. The van der Waals surface area contributed by atoms with E-state index in [4.69, 9.17) is 11.6 Å². The second-order valence-electron chi connectivity index (χ2n) is 4.86. The van der Waals surface area contributed by atoms with E-state index in [-0.39, 0.29) is 0 Å². The third kappa shape index (κ3) is 2.36. The molecule has 0 radical (unpaired) electrons. The van der Waals surface area contributed by atoms with E-state index >= 15 is 0 Å². The summed E-state index contributed by atoms with van der Waals surface area (Å²) in [5.41, 5.74) is 2.18. The topological polar surface area (TPSA) is 46.2 Å². The van der Waals surface area contributed by atoms with Gasteiger partial charge < -0.3 is 5.32 Å². The fourth-order valence-electron chi connectivity index (χ4n) is 2.21. The summed E-state index contributed by atoms with van der Waals surface area (Å²) >= 11 is 6.07. The van der Waals surface area contributed by atoms with Gasteiger partial charge in [0, 0.05) is 10.7 Å². The van der Waals surface area contributed by atoms with Crippen LogP contribution in [0.15, 0.2) is 58.1 Å². The highest BCUT2D eigenvalue weighted by atomic mass is 35.5. The van der Waals surface area contributed by atoms with Crippen LogP contribution in [0.2, 0.25) is 5.02 Å². The van der Waals surface area contributed by atoms with E-state index in [0.29, 0.717) is 22.0 Å². The quantitative estimate of drug-likeness (QED) is 0.751. The lowest BCUT2D eigenvalue weighted by molar-refractivity contribution is 1.37. The molecule has 0 aliphatic heterocycles. The first kappa shape index (κ1) is 13.6. The van der Waals surface area contributed by atoms with Gasteiger partial charge in [0.1, 0.15) is 5.69 Å². The summed E-state index contributed by atoms with van der Waals surface area (Å²) in [4.78, 5) is 23.6. The Morgan fingerprint density at radius 3 is 2.33 bits per heavy atom. The smallest absolute Gasteiger partial charge is 0.250 e. The van der Waals surface area contributed by atoms with Gasteiger partial charge in [-0.3, -0.25) is 9.59 Å². The first-order valence-corrected chi connectivity index (χ1v) is 6.87. The number of anilines is 2. The van der Waals surface area contributed by atoms with Crippen molar-refractivity contribution in [1.82, 2.24) is 0 Å². The number of benzene rings is 2. The molecule has 0 unspecified atom stereocenters. The van der Waals surface area contributed by atoms with Gasteiger partial charge in [0.15, 0.2) is 0 Å². The number of halogens is 1. The predicted molar refractivity (Wildman–Crippen MR) is 86.3 cm³/mol. The van der Waals surface area contributed by atoms with Gasteiger partial charge in [-0.1, -0.05) is 48.0 Å². The van der Waals surface area contributed by atoms with E-state index in [1.54, 1.807) is 6.07 Å². The first-order valence-electron chi connectivity index (χ1n) is 6.50. The average Bonchev–Trinajstić information content (AvgIpc) is 2.51. The van der Waals surface area contributed by atoms with Crippen LogP contribution in [0.1, 0.15) is 5.56 Å². The molecule has 3 rings (SSSR count). The molecule has 0 aromatic heterocycles. The molecule has 0 aliphatic rings. The lowest BCUT2D eigenvalue weighted by Crippen LogP contribution is -2.35. The van der Waals surface area contributed by atoms with Crippen LogP contribution in [0, 0.1) is 6.92 Å². The maximum absolute atomic E-state index is 11.8. The molecule has 1 N–H and O–H groups in total. The Kier molecular flexibility index (Phi) is 3.35. The number of nitrogens with one attached hydrogen (secondary N) is 1. The maximum atomic E-state index is 11.8. The van der Waals surface area contributed by atoms with Crippen LogP contribution in [-0.4, -0.2) is 0 Å². The van der Waals surface area contributed by atoms with Crippen LogP contribution < -0.4 is 16.2 Å². The molecule has 0 atom stereocenters. The number of hydrogen-bond donors (Lipinski definition) is 1. The van der Waals surface area contributed by atoms with E-state index in [2.05, 4.69) is 5.32 Å². The Morgan fingerprint density at radius 2 is 1.67 bits per heavy atom. The van der Waals surface area contributed by atoms with E-state index in [0.717, 1.165) is 11.1 Å². The van der Waals surface area contributed by atoms with Gasteiger partial charge in [0.05, 0.1) is 5.56 Å². The molecule has 0 fully saturated rings. The molecule has 4 heteroatoms. The molecule has 0 saturated heterocycles. The van der Waals surface area contributed by atoms with Gasteiger partial charge in [0.2, 0.25) is 5.43 Å². The van der Waals surface area contributed by atoms with Gasteiger partial charge >= 0.3 is 0 Å². The molecule has 21 heavy (non-hydrogen) atoms. The number of aryl methyl sites for hydroxylation is 1. The monoisotopic (exact) mass is 297 g/mol. The highest BCUT2D eigenvalue weighted by Crippen LogP contribution is 2.28. The van der Waals surface area contributed by atoms with Crippen molar-refractivity contribution in [3.8, 4) is 11.1 Å². The minimum absolute atomic E-state index is 0.325. The Bertz CT molecular complexity index is 878. The Hall–Kier alpha value is -2.39. The zero-order valence-corrected chi connectivity index (χ0v) is 12.1. The second-order valence-corrected chi connectivity index (χ2v) is 5.27. The molecule has 0 bridgehead atoms. The van der Waals surface area contributed by atoms with Crippen LogP contribution in [0.5, 0.6) is 0 Å². The normalized spacial score (nSPS) is 10.8. The summed E-state index contributed by atoms with van der Waals surface area (Å²) in [5.74, 6) is 0. The highest BCUT2D eigenvalue weighted by Gasteiger charge is 2.22. The van der Waals surface area contributed by atoms with E-state index in [1.165, 1.54) is 0 Å². The molecule has 0 heterocycles. The maximum Gasteiger partial charge on any atom is 0.250 e. The van der Waals surface area contributed by atoms with Crippen molar-refractivity contribution < 1.29 is 0 Å². The largest absolute Gasteiger partial charge is 0.352 e. The SMILES string of the molecule is Cc1ccc(Nc2c(-c3ccccc3)c(=O)c2=O)cc1Cl. The standard InChI is InChI=1S/C17H12ClNO2/c1-10-7-8-12(9-13(10)18)19-15-14(16(20)17(15)21)11-5-3-2-4-6-11/h2-9,19H,1H3. The van der Waals surface area contributed by atoms with Crippen molar-refractivity contribution in [1.29, 1.82) is 0 Å². The molecule has 0 aliphatic carbocycles. The van der Waals surface area contributed by atoms with Crippen LogP contribution in [0.4, 0.5) is 11.4 Å². The summed E-state index contributed by atoms with van der Waals surface area (Å²) in [5, 5.41) is 3.61. The van der Waals surface area contributed by atoms with Gasteiger partial charge in [-0.2, -0.15) is 0 Å². The molecule has 3 aromatic carbocycles. The summed E-state index contributed by atoms with van der Waals surface area (Å²) in [6.45, 7) is 1.90. The lowest BCUT2D eigenvalue weighted by atomic mass is 9.98. The summed E-state index contributed by atoms with van der Waals surface area (Å²) < 4.78 is 0. The fourth-order valence-corrected chi connectivity index (χ4v) is 2.39. The molecule has 3 aromatic rings. The van der Waals surface area contributed by atoms with E-state index in [1.807, 2.05) is 49.4 Å². The van der Waals surface area contributed by atoms with Crippen LogP contribution in [0.3, 0.4) is 0 Å². The van der Waals surface area contributed by atoms with Crippen LogP contribution >= 0.6 is 11.6 Å². The number of rotatable bonds is 3. The highest BCUT2D eigenvalue weighted by molar-refractivity contribution is 6.31. The zero-order chi connectivity index (χ0) is 15.0. The van der Waals surface area contributed by atoms with Crippen LogP contribution in [0.25, 0.3) is 11.1 Å². The van der Waals surface area contributed by atoms with Gasteiger partial charge in [-0.15, -0.1) is 0 Å². The van der Waals surface area contributed by atoms with E-state index < -0.39 is 10.9 Å². The third-order valence-corrected chi connectivity index (χ3v) is 3.82. The molecular formula is C17H12ClNO2. The molecule has 104 valence electrons. The number of hydrogen-bond acceptors (Lipinski definition) is 3. The van der Waals surface area contributed by atoms with Crippen molar-refractivity contribution >= 4 is 23.0 Å². The summed E-state index contributed by atoms with van der Waals surface area (Å²) in [6, 6.07) is 14.6. The van der Waals surface area contributed by atoms with Crippen LogP contribution in [-0.2, 0) is 0 Å². The van der Waals surface area contributed by atoms with Gasteiger partial charge in [-0.05, 0) is 30.2 Å². The van der Waals surface area contributed by atoms with Crippen molar-refractivity contribution in [2.24, 2.45) is 0 Å². The summed E-state index contributed by atoms with van der Waals surface area (Å²) in [6.07, 6.45) is 0.